The van der Waals surface area contributed by atoms with Crippen molar-refractivity contribution in [3.05, 3.63) is 23.3 Å². The van der Waals surface area contributed by atoms with Crippen LogP contribution in [0.5, 0.6) is 11.5 Å². The Morgan fingerprint density at radius 2 is 1.76 bits per heavy atom. The van der Waals surface area contributed by atoms with E-state index in [1.165, 1.54) is 5.56 Å². The summed E-state index contributed by atoms with van der Waals surface area (Å²) in [5, 5.41) is 23.0. The third-order valence-corrected chi connectivity index (χ3v) is 7.61. The second-order valence-corrected chi connectivity index (χ2v) is 9.64. The Labute approximate surface area is 213 Å². The molecule has 216 valence electrons. The highest BCUT2D eigenvalue weighted by Gasteiger charge is 2.73. The fourth-order valence-electron chi connectivity index (χ4n) is 6.70. The van der Waals surface area contributed by atoms with E-state index in [0.29, 0.717) is 12.4 Å². The summed E-state index contributed by atoms with van der Waals surface area (Å²) in [4.78, 5) is 13.6. The molecule has 5 rings (SSSR count). The molecule has 1 aromatic rings. The van der Waals surface area contributed by atoms with Crippen LogP contribution in [-0.4, -0.2) is 86.1 Å². The number of aromatic hydroxyl groups is 1. The quantitative estimate of drug-likeness (QED) is 0.371. The minimum Gasteiger partial charge on any atom is -0.504 e. The maximum atomic E-state index is 11.2. The highest BCUT2D eigenvalue weighted by Crippen LogP contribution is 2.66. The number of phenols is 1. The first kappa shape index (κ1) is 30.3. The van der Waals surface area contributed by atoms with E-state index in [0.717, 1.165) is 37.8 Å². The van der Waals surface area contributed by atoms with E-state index in [9.17, 15) is 49.5 Å². The zero-order valence-corrected chi connectivity index (χ0v) is 20.6. The molecule has 3 N–H and O–H groups in total. The average molecular weight is 562 g/mol. The number of likely N-dealkylation sites (N-methyl/N-ethyl adjacent to an activating group) is 1. The normalized spacial score (nSPS) is 31.2. The Hall–Kier alpha value is -2.26. The largest absolute Gasteiger partial charge is 0.673 e. The zero-order chi connectivity index (χ0) is 28.7. The summed E-state index contributed by atoms with van der Waals surface area (Å²) >= 11 is 0. The van der Waals surface area contributed by atoms with Crippen molar-refractivity contribution in [3.8, 4) is 11.5 Å². The molecule has 7 nitrogen and oxygen atoms in total. The van der Waals surface area contributed by atoms with Gasteiger partial charge >= 0.3 is 20.5 Å². The summed E-state index contributed by atoms with van der Waals surface area (Å²) in [7, 11) is -9.83. The Kier molecular flexibility index (Phi) is 8.54. The van der Waals surface area contributed by atoms with Crippen molar-refractivity contribution in [2.45, 2.75) is 61.8 Å². The van der Waals surface area contributed by atoms with Gasteiger partial charge in [-0.05, 0) is 57.8 Å². The lowest BCUT2D eigenvalue weighted by Gasteiger charge is -2.65. The van der Waals surface area contributed by atoms with Crippen LogP contribution in [0, 0.1) is 0 Å². The molecule has 2 aliphatic carbocycles. The average Bonchev–Trinajstić information content (AvgIpc) is 3.11. The van der Waals surface area contributed by atoms with Crippen molar-refractivity contribution in [1.82, 2.24) is 10.2 Å². The van der Waals surface area contributed by atoms with Crippen LogP contribution in [-0.2, 0) is 21.4 Å². The second-order valence-electron chi connectivity index (χ2n) is 9.64. The van der Waals surface area contributed by atoms with Crippen LogP contribution in [0.2, 0.25) is 0 Å². The molecule has 0 amide bonds. The van der Waals surface area contributed by atoms with Crippen LogP contribution in [0.1, 0.15) is 37.3 Å². The molecule has 0 radical (unpaired) electrons. The molecular weight excluding hydrogens is 534 g/mol. The lowest BCUT2D eigenvalue weighted by atomic mass is 9.48. The number of benzene rings is 1. The predicted molar refractivity (Wildman–Crippen MR) is 122 cm³/mol. The maximum absolute atomic E-state index is 11.2. The van der Waals surface area contributed by atoms with E-state index in [1.807, 2.05) is 13.0 Å². The van der Waals surface area contributed by atoms with Gasteiger partial charge in [-0.2, -0.15) is 0 Å². The minimum absolute atomic E-state index is 0.0912. The lowest BCUT2D eigenvalue weighted by Crippen LogP contribution is -2.78. The fourth-order valence-corrected chi connectivity index (χ4v) is 6.70. The highest BCUT2D eigenvalue weighted by atomic mass is 19.5. The zero-order valence-electron chi connectivity index (χ0n) is 20.6. The fraction of sp³-hybridized carbons (Fsp3) is 0.667. The first-order valence-electron chi connectivity index (χ1n) is 12.0. The van der Waals surface area contributed by atoms with Gasteiger partial charge in [-0.25, -0.2) is 0 Å². The van der Waals surface area contributed by atoms with E-state index in [1.54, 1.807) is 6.07 Å². The van der Waals surface area contributed by atoms with Crippen molar-refractivity contribution < 1.29 is 59.0 Å². The van der Waals surface area contributed by atoms with E-state index in [2.05, 4.69) is 17.3 Å². The molecule has 1 spiro atoms. The van der Waals surface area contributed by atoms with Crippen LogP contribution < -0.4 is 10.1 Å². The van der Waals surface area contributed by atoms with Gasteiger partial charge in [-0.1, -0.05) is 6.07 Å². The summed E-state index contributed by atoms with van der Waals surface area (Å²) in [5.41, 5.74) is 1.58. The highest BCUT2D eigenvalue weighted by molar-refractivity contribution is 6.50. The molecule has 1 aromatic carbocycles. The van der Waals surface area contributed by atoms with Crippen molar-refractivity contribution >= 4 is 20.5 Å². The number of halogens is 8. The lowest BCUT2D eigenvalue weighted by molar-refractivity contribution is -0.214. The van der Waals surface area contributed by atoms with Gasteiger partial charge in [0.05, 0.1) is 17.6 Å². The van der Waals surface area contributed by atoms with E-state index in [4.69, 9.17) is 9.47 Å². The van der Waals surface area contributed by atoms with Crippen molar-refractivity contribution in [2.75, 3.05) is 26.7 Å². The van der Waals surface area contributed by atoms with Gasteiger partial charge < -0.3 is 64.4 Å². The van der Waals surface area contributed by atoms with Gasteiger partial charge in [0.25, 0.3) is 0 Å². The molecular formula is C21H28B2F8N2O5-2. The van der Waals surface area contributed by atoms with E-state index < -0.39 is 20.5 Å². The first-order valence-corrected chi connectivity index (χ1v) is 12.0. The standard InChI is InChI=1S/C21H28N2O5.2BF4/c1-3-27-21-7-6-13(22-11-16(25)26)19-20(21)8-9-23(2)15(21)10-12-4-5-14(24)18(28-19)17(12)20;2*2-1(3,4)5/h4-5,13,15,19,22,24H,3,6-11H2,1-2H3,(H,25,26);;/q;2*-1/t13-,15?,19+,20?,21-;;/m1../s1. The minimum atomic E-state index is -6.00. The number of phenolic OH excluding ortho intramolecular Hbond substituents is 1. The van der Waals surface area contributed by atoms with Crippen LogP contribution in [0.25, 0.3) is 0 Å². The SMILES string of the molecule is CCO[C@@]12CC[C@@H](NCC(=O)O)[C@@H]3Oc4c(O)ccc5c4C31CCN(C)C2C5.F[B-](F)(F)F.F[B-](F)(F)F. The molecule has 4 aliphatic rings. The summed E-state index contributed by atoms with van der Waals surface area (Å²) in [5.74, 6) is -0.121. The molecule has 1 saturated heterocycles. The molecule has 2 heterocycles. The second kappa shape index (κ2) is 10.7. The van der Waals surface area contributed by atoms with Crippen LogP contribution in [0.4, 0.5) is 34.5 Å². The Balaban J connectivity index is 0.000000344. The number of nitrogens with one attached hydrogen (secondary N) is 1. The van der Waals surface area contributed by atoms with Crippen LogP contribution >= 0.6 is 0 Å². The smallest absolute Gasteiger partial charge is 0.504 e. The third-order valence-electron chi connectivity index (χ3n) is 7.61. The van der Waals surface area contributed by atoms with Crippen molar-refractivity contribution in [1.29, 1.82) is 0 Å². The predicted octanol–water partition coefficient (Wildman–Crippen LogP) is 3.86. The number of hydrogen-bond acceptors (Lipinski definition) is 6. The van der Waals surface area contributed by atoms with E-state index >= 15 is 0 Å². The molecule has 2 unspecified atom stereocenters. The number of carbonyl (C=O) groups is 1. The number of hydrogen-bond donors (Lipinski definition) is 3. The molecule has 38 heavy (non-hydrogen) atoms. The number of nitrogens with zero attached hydrogens (tertiary/aromatic N) is 1. The third kappa shape index (κ3) is 5.83. The topological polar surface area (TPSA) is 91.3 Å². The number of carboxylic acids is 1. The maximum Gasteiger partial charge on any atom is 0.673 e. The summed E-state index contributed by atoms with van der Waals surface area (Å²) in [6, 6.07) is 3.91. The molecule has 17 heteroatoms. The van der Waals surface area contributed by atoms with E-state index in [-0.39, 0.29) is 41.5 Å². The molecule has 5 atom stereocenters. The number of piperidine rings is 1. The Morgan fingerprint density at radius 3 is 2.32 bits per heavy atom. The monoisotopic (exact) mass is 562 g/mol. The molecule has 2 bridgehead atoms. The molecule has 2 fully saturated rings. The Morgan fingerprint density at radius 1 is 1.16 bits per heavy atom. The van der Waals surface area contributed by atoms with Gasteiger partial charge in [-0.3, -0.25) is 4.79 Å². The number of ether oxygens (including phenoxy) is 2. The first-order chi connectivity index (χ1) is 17.4. The molecule has 1 saturated carbocycles. The molecule has 2 aliphatic heterocycles. The van der Waals surface area contributed by atoms with Gasteiger partial charge in [0.2, 0.25) is 0 Å². The van der Waals surface area contributed by atoms with Crippen LogP contribution in [0.15, 0.2) is 12.1 Å². The summed E-state index contributed by atoms with van der Waals surface area (Å²) in [6.07, 6.45) is 3.14. The summed E-state index contributed by atoms with van der Waals surface area (Å²) < 4.78 is 91.1. The number of likely N-dealkylation sites (tertiary alicyclic amines) is 1. The summed E-state index contributed by atoms with van der Waals surface area (Å²) in [6.45, 7) is 3.50. The number of aliphatic carboxylic acids is 1. The number of rotatable bonds is 5. The van der Waals surface area contributed by atoms with Gasteiger partial charge in [0.15, 0.2) is 11.5 Å². The van der Waals surface area contributed by atoms with Gasteiger partial charge in [0.1, 0.15) is 6.10 Å². The van der Waals surface area contributed by atoms with Crippen LogP contribution in [0.3, 0.4) is 0 Å². The molecule has 0 aromatic heterocycles. The van der Waals surface area contributed by atoms with Gasteiger partial charge in [0, 0.05) is 24.3 Å². The van der Waals surface area contributed by atoms with Gasteiger partial charge in [-0.15, -0.1) is 0 Å². The Bertz CT molecular complexity index is 1010. The number of carboxylic acid groups (broad SMARTS) is 1. The van der Waals surface area contributed by atoms with Crippen molar-refractivity contribution in [3.63, 3.8) is 0 Å². The van der Waals surface area contributed by atoms with Crippen molar-refractivity contribution in [2.24, 2.45) is 0 Å².